The summed E-state index contributed by atoms with van der Waals surface area (Å²) in [5, 5.41) is 2.08. The lowest BCUT2D eigenvalue weighted by Gasteiger charge is -2.13. The number of rotatable bonds is 5. The Balaban J connectivity index is 1.99. The smallest absolute Gasteiger partial charge is 0.123 e. The molecule has 2 rings (SSSR count). The molecule has 2 aromatic rings. The minimum absolute atomic E-state index is 0.190. The fraction of sp³-hybridized carbons (Fsp3) is 0.286. The van der Waals surface area contributed by atoms with Crippen LogP contribution < -0.4 is 5.73 Å². The highest BCUT2D eigenvalue weighted by molar-refractivity contribution is 9.10. The van der Waals surface area contributed by atoms with Gasteiger partial charge in [-0.05, 0) is 65.0 Å². The van der Waals surface area contributed by atoms with E-state index in [1.165, 1.54) is 17.0 Å². The number of halogens is 2. The average molecular weight is 328 g/mol. The predicted octanol–water partition coefficient (Wildman–Crippen LogP) is 4.01. The lowest BCUT2D eigenvalue weighted by Crippen LogP contribution is -2.18. The summed E-state index contributed by atoms with van der Waals surface area (Å²) in [5.41, 5.74) is 6.97. The number of benzene rings is 1. The SMILES string of the molecule is NCC(Cc1ccc(F)cc1)Cc1cc(Br)cs1. The highest BCUT2D eigenvalue weighted by Crippen LogP contribution is 2.23. The first-order chi connectivity index (χ1) is 8.67. The van der Waals surface area contributed by atoms with Gasteiger partial charge in [0.1, 0.15) is 5.82 Å². The predicted molar refractivity (Wildman–Crippen MR) is 78.4 cm³/mol. The summed E-state index contributed by atoms with van der Waals surface area (Å²) in [6, 6.07) is 8.82. The van der Waals surface area contributed by atoms with Crippen molar-refractivity contribution in [3.63, 3.8) is 0 Å². The van der Waals surface area contributed by atoms with Crippen LogP contribution in [0.5, 0.6) is 0 Å². The van der Waals surface area contributed by atoms with Crippen LogP contribution in [0.15, 0.2) is 40.2 Å². The molecule has 0 aliphatic heterocycles. The molecule has 1 heterocycles. The summed E-state index contributed by atoms with van der Waals surface area (Å²) in [6.07, 6.45) is 1.87. The minimum Gasteiger partial charge on any atom is -0.330 e. The Bertz CT molecular complexity index is 495. The summed E-state index contributed by atoms with van der Waals surface area (Å²) in [6.45, 7) is 0.646. The van der Waals surface area contributed by atoms with E-state index in [1.807, 2.05) is 12.1 Å². The molecular formula is C14H15BrFNS. The fourth-order valence-electron chi connectivity index (χ4n) is 1.94. The second-order valence-corrected chi connectivity index (χ2v) is 6.28. The Morgan fingerprint density at radius 2 is 1.94 bits per heavy atom. The first-order valence-corrected chi connectivity index (χ1v) is 7.52. The molecule has 1 aromatic carbocycles. The molecule has 2 N–H and O–H groups in total. The Kier molecular flexibility index (Phi) is 4.92. The summed E-state index contributed by atoms with van der Waals surface area (Å²) in [5.74, 6) is 0.214. The van der Waals surface area contributed by atoms with Crippen molar-refractivity contribution in [1.29, 1.82) is 0 Å². The van der Waals surface area contributed by atoms with E-state index in [0.29, 0.717) is 12.5 Å². The first-order valence-electron chi connectivity index (χ1n) is 5.85. The average Bonchev–Trinajstić information content (AvgIpc) is 2.77. The van der Waals surface area contributed by atoms with Crippen LogP contribution in [0, 0.1) is 11.7 Å². The van der Waals surface area contributed by atoms with Gasteiger partial charge in [-0.1, -0.05) is 12.1 Å². The van der Waals surface area contributed by atoms with Gasteiger partial charge in [0, 0.05) is 14.7 Å². The van der Waals surface area contributed by atoms with E-state index in [1.54, 1.807) is 11.3 Å². The quantitative estimate of drug-likeness (QED) is 0.882. The van der Waals surface area contributed by atoms with Crippen molar-refractivity contribution in [1.82, 2.24) is 0 Å². The van der Waals surface area contributed by atoms with Crippen LogP contribution in [0.1, 0.15) is 10.4 Å². The van der Waals surface area contributed by atoms with Crippen molar-refractivity contribution in [2.45, 2.75) is 12.8 Å². The Hall–Kier alpha value is -0.710. The molecule has 1 atom stereocenters. The van der Waals surface area contributed by atoms with Crippen LogP contribution in [0.25, 0.3) is 0 Å². The van der Waals surface area contributed by atoms with Gasteiger partial charge in [-0.25, -0.2) is 4.39 Å². The van der Waals surface area contributed by atoms with Crippen LogP contribution in [-0.4, -0.2) is 6.54 Å². The van der Waals surface area contributed by atoms with Gasteiger partial charge in [-0.3, -0.25) is 0 Å². The van der Waals surface area contributed by atoms with E-state index in [0.717, 1.165) is 22.9 Å². The molecule has 96 valence electrons. The molecule has 0 aliphatic carbocycles. The molecular weight excluding hydrogens is 313 g/mol. The second-order valence-electron chi connectivity index (χ2n) is 4.37. The molecule has 18 heavy (non-hydrogen) atoms. The maximum atomic E-state index is 12.8. The van der Waals surface area contributed by atoms with E-state index in [2.05, 4.69) is 27.4 Å². The molecule has 0 spiro atoms. The van der Waals surface area contributed by atoms with E-state index in [-0.39, 0.29) is 5.82 Å². The zero-order chi connectivity index (χ0) is 13.0. The number of hydrogen-bond donors (Lipinski definition) is 1. The monoisotopic (exact) mass is 327 g/mol. The van der Waals surface area contributed by atoms with E-state index in [9.17, 15) is 4.39 Å². The summed E-state index contributed by atoms with van der Waals surface area (Å²) in [4.78, 5) is 1.33. The highest BCUT2D eigenvalue weighted by atomic mass is 79.9. The summed E-state index contributed by atoms with van der Waals surface area (Å²) >= 11 is 5.20. The zero-order valence-corrected chi connectivity index (χ0v) is 12.3. The van der Waals surface area contributed by atoms with Gasteiger partial charge in [-0.2, -0.15) is 0 Å². The van der Waals surface area contributed by atoms with E-state index >= 15 is 0 Å². The minimum atomic E-state index is -0.190. The Labute approximate surface area is 119 Å². The molecule has 0 aliphatic rings. The van der Waals surface area contributed by atoms with Crippen molar-refractivity contribution in [3.05, 3.63) is 56.4 Å². The number of thiophene rings is 1. The first kappa shape index (κ1) is 13.7. The highest BCUT2D eigenvalue weighted by Gasteiger charge is 2.10. The standard InChI is InChI=1S/C14H15BrFNS/c15-12-7-14(18-9-12)6-11(8-17)5-10-1-3-13(16)4-2-10/h1-4,7,9,11H,5-6,8,17H2. The molecule has 4 heteroatoms. The van der Waals surface area contributed by atoms with Crippen molar-refractivity contribution in [2.75, 3.05) is 6.54 Å². The zero-order valence-electron chi connectivity index (χ0n) is 9.90. The lowest BCUT2D eigenvalue weighted by molar-refractivity contribution is 0.536. The molecule has 1 aromatic heterocycles. The summed E-state index contributed by atoms with van der Waals surface area (Å²) in [7, 11) is 0. The lowest BCUT2D eigenvalue weighted by atomic mass is 9.95. The van der Waals surface area contributed by atoms with E-state index < -0.39 is 0 Å². The van der Waals surface area contributed by atoms with Crippen molar-refractivity contribution >= 4 is 27.3 Å². The normalized spacial score (nSPS) is 12.6. The third kappa shape index (κ3) is 3.90. The van der Waals surface area contributed by atoms with Crippen molar-refractivity contribution in [3.8, 4) is 0 Å². The number of nitrogens with two attached hydrogens (primary N) is 1. The van der Waals surface area contributed by atoms with Gasteiger partial charge in [0.2, 0.25) is 0 Å². The molecule has 1 unspecified atom stereocenters. The maximum Gasteiger partial charge on any atom is 0.123 e. The molecule has 1 nitrogen and oxygen atoms in total. The van der Waals surface area contributed by atoms with Gasteiger partial charge >= 0.3 is 0 Å². The Morgan fingerprint density at radius 3 is 2.50 bits per heavy atom. The second kappa shape index (κ2) is 6.45. The fourth-order valence-corrected chi connectivity index (χ4v) is 3.51. The maximum absolute atomic E-state index is 12.8. The van der Waals surface area contributed by atoms with Crippen molar-refractivity contribution in [2.24, 2.45) is 11.7 Å². The van der Waals surface area contributed by atoms with Crippen LogP contribution in [0.4, 0.5) is 4.39 Å². The molecule has 0 fully saturated rings. The van der Waals surface area contributed by atoms with Crippen LogP contribution in [0.2, 0.25) is 0 Å². The number of hydrogen-bond acceptors (Lipinski definition) is 2. The van der Waals surface area contributed by atoms with Crippen LogP contribution in [-0.2, 0) is 12.8 Å². The molecule has 0 radical (unpaired) electrons. The van der Waals surface area contributed by atoms with E-state index in [4.69, 9.17) is 5.73 Å². The molecule has 0 saturated heterocycles. The van der Waals surface area contributed by atoms with Crippen molar-refractivity contribution < 1.29 is 4.39 Å². The topological polar surface area (TPSA) is 26.0 Å². The Morgan fingerprint density at radius 1 is 1.22 bits per heavy atom. The molecule has 0 saturated carbocycles. The molecule has 0 bridgehead atoms. The summed E-state index contributed by atoms with van der Waals surface area (Å²) < 4.78 is 14.0. The van der Waals surface area contributed by atoms with Crippen LogP contribution >= 0.6 is 27.3 Å². The van der Waals surface area contributed by atoms with Gasteiger partial charge in [-0.15, -0.1) is 11.3 Å². The van der Waals surface area contributed by atoms with Gasteiger partial charge < -0.3 is 5.73 Å². The van der Waals surface area contributed by atoms with Gasteiger partial charge in [0.05, 0.1) is 0 Å². The molecule has 0 amide bonds. The third-order valence-electron chi connectivity index (χ3n) is 2.88. The largest absolute Gasteiger partial charge is 0.330 e. The van der Waals surface area contributed by atoms with Gasteiger partial charge in [0.25, 0.3) is 0 Å². The van der Waals surface area contributed by atoms with Crippen LogP contribution in [0.3, 0.4) is 0 Å². The van der Waals surface area contributed by atoms with Gasteiger partial charge in [0.15, 0.2) is 0 Å². The third-order valence-corrected chi connectivity index (χ3v) is 4.60.